The number of rotatable bonds is 2. The highest BCUT2D eigenvalue weighted by atomic mass is 15.2. The van der Waals surface area contributed by atoms with Gasteiger partial charge in [0, 0.05) is 0 Å². The predicted octanol–water partition coefficient (Wildman–Crippen LogP) is 1.01. The zero-order valence-corrected chi connectivity index (χ0v) is 7.65. The molecule has 66 valence electrons. The third-order valence-electron chi connectivity index (χ3n) is 1.59. The minimum Gasteiger partial charge on any atom is -0.321 e. The molecule has 1 unspecified atom stereocenters. The van der Waals surface area contributed by atoms with E-state index in [4.69, 9.17) is 5.73 Å². The highest BCUT2D eigenvalue weighted by Gasteiger charge is 2.06. The third-order valence-corrected chi connectivity index (χ3v) is 1.59. The summed E-state index contributed by atoms with van der Waals surface area (Å²) in [5.74, 6) is 0.985. The molecule has 0 aliphatic carbocycles. The van der Waals surface area contributed by atoms with Crippen LogP contribution in [0.1, 0.15) is 44.2 Å². The number of nitrogens with zero attached hydrogens (tertiary/aromatic N) is 3. The van der Waals surface area contributed by atoms with Crippen molar-refractivity contribution in [1.82, 2.24) is 15.2 Å². The van der Waals surface area contributed by atoms with Crippen molar-refractivity contribution in [2.45, 2.75) is 32.7 Å². The second-order valence-corrected chi connectivity index (χ2v) is 3.18. The first-order chi connectivity index (χ1) is 5.61. The molecule has 0 aromatic carbocycles. The van der Waals surface area contributed by atoms with Crippen molar-refractivity contribution in [3.8, 4) is 0 Å². The van der Waals surface area contributed by atoms with Crippen LogP contribution < -0.4 is 5.73 Å². The van der Waals surface area contributed by atoms with Gasteiger partial charge in [0.1, 0.15) is 0 Å². The smallest absolute Gasteiger partial charge is 0.167 e. The number of nitrogens with two attached hydrogens (primary N) is 1. The minimum absolute atomic E-state index is 0.142. The Balaban J connectivity index is 2.96. The Morgan fingerprint density at radius 2 is 2.00 bits per heavy atom. The SMILES string of the molecule is CC(C)c1cnnc(C(C)N)n1. The van der Waals surface area contributed by atoms with Crippen LogP contribution in [-0.2, 0) is 0 Å². The Labute approximate surface area is 72.2 Å². The summed E-state index contributed by atoms with van der Waals surface area (Å²) in [7, 11) is 0. The summed E-state index contributed by atoms with van der Waals surface area (Å²) < 4.78 is 0. The largest absolute Gasteiger partial charge is 0.321 e. The van der Waals surface area contributed by atoms with E-state index in [9.17, 15) is 0 Å². The fourth-order valence-corrected chi connectivity index (χ4v) is 0.802. The van der Waals surface area contributed by atoms with Crippen LogP contribution in [0, 0.1) is 0 Å². The van der Waals surface area contributed by atoms with E-state index in [-0.39, 0.29) is 6.04 Å². The maximum Gasteiger partial charge on any atom is 0.167 e. The molecule has 0 bridgehead atoms. The Morgan fingerprint density at radius 3 is 2.50 bits per heavy atom. The van der Waals surface area contributed by atoms with Crippen LogP contribution in [-0.4, -0.2) is 15.2 Å². The van der Waals surface area contributed by atoms with Gasteiger partial charge in [-0.1, -0.05) is 13.8 Å². The van der Waals surface area contributed by atoms with E-state index >= 15 is 0 Å². The lowest BCUT2D eigenvalue weighted by Gasteiger charge is -2.06. The van der Waals surface area contributed by atoms with E-state index in [1.54, 1.807) is 6.20 Å². The van der Waals surface area contributed by atoms with Gasteiger partial charge in [-0.2, -0.15) is 5.10 Å². The van der Waals surface area contributed by atoms with Crippen LogP contribution in [0.4, 0.5) is 0 Å². The second kappa shape index (κ2) is 3.58. The zero-order valence-electron chi connectivity index (χ0n) is 7.65. The molecule has 0 radical (unpaired) electrons. The number of hydrogen-bond acceptors (Lipinski definition) is 4. The zero-order chi connectivity index (χ0) is 9.14. The van der Waals surface area contributed by atoms with Crippen molar-refractivity contribution in [1.29, 1.82) is 0 Å². The standard InChI is InChI=1S/C8H14N4/c1-5(2)7-4-10-12-8(11-7)6(3)9/h4-6H,9H2,1-3H3. The van der Waals surface area contributed by atoms with Gasteiger partial charge in [0.2, 0.25) is 0 Å². The summed E-state index contributed by atoms with van der Waals surface area (Å²) in [5, 5.41) is 7.67. The fourth-order valence-electron chi connectivity index (χ4n) is 0.802. The van der Waals surface area contributed by atoms with Crippen molar-refractivity contribution in [3.05, 3.63) is 17.7 Å². The van der Waals surface area contributed by atoms with Gasteiger partial charge < -0.3 is 5.73 Å². The van der Waals surface area contributed by atoms with E-state index in [0.717, 1.165) is 5.69 Å². The van der Waals surface area contributed by atoms with Crippen LogP contribution in [0.25, 0.3) is 0 Å². The molecule has 1 heterocycles. The van der Waals surface area contributed by atoms with Gasteiger partial charge in [-0.15, -0.1) is 5.10 Å². The van der Waals surface area contributed by atoms with Crippen LogP contribution in [0.2, 0.25) is 0 Å². The Morgan fingerprint density at radius 1 is 1.33 bits per heavy atom. The molecule has 4 heteroatoms. The van der Waals surface area contributed by atoms with Gasteiger partial charge in [0.25, 0.3) is 0 Å². The predicted molar refractivity (Wildman–Crippen MR) is 46.5 cm³/mol. The normalized spacial score (nSPS) is 13.4. The van der Waals surface area contributed by atoms with Gasteiger partial charge in [-0.3, -0.25) is 0 Å². The molecule has 0 saturated heterocycles. The van der Waals surface area contributed by atoms with E-state index in [2.05, 4.69) is 29.0 Å². The van der Waals surface area contributed by atoms with Crippen molar-refractivity contribution in [2.75, 3.05) is 0 Å². The van der Waals surface area contributed by atoms with Crippen molar-refractivity contribution < 1.29 is 0 Å². The summed E-state index contributed by atoms with van der Waals surface area (Å²) >= 11 is 0. The molecule has 1 aromatic rings. The monoisotopic (exact) mass is 166 g/mol. The molecule has 1 rings (SSSR count). The van der Waals surface area contributed by atoms with E-state index in [1.165, 1.54) is 0 Å². The lowest BCUT2D eigenvalue weighted by atomic mass is 10.1. The van der Waals surface area contributed by atoms with E-state index in [0.29, 0.717) is 11.7 Å². The molecule has 0 fully saturated rings. The fraction of sp³-hybridized carbons (Fsp3) is 0.625. The van der Waals surface area contributed by atoms with Gasteiger partial charge >= 0.3 is 0 Å². The van der Waals surface area contributed by atoms with Gasteiger partial charge in [-0.05, 0) is 12.8 Å². The molecule has 12 heavy (non-hydrogen) atoms. The van der Waals surface area contributed by atoms with E-state index < -0.39 is 0 Å². The summed E-state index contributed by atoms with van der Waals surface area (Å²) in [6.07, 6.45) is 1.68. The summed E-state index contributed by atoms with van der Waals surface area (Å²) in [4.78, 5) is 4.27. The summed E-state index contributed by atoms with van der Waals surface area (Å²) in [5.41, 5.74) is 6.56. The average Bonchev–Trinajstić information content (AvgIpc) is 2.04. The maximum absolute atomic E-state index is 5.62. The highest BCUT2D eigenvalue weighted by molar-refractivity contribution is 5.02. The molecule has 1 aromatic heterocycles. The first-order valence-corrected chi connectivity index (χ1v) is 4.06. The maximum atomic E-state index is 5.62. The van der Waals surface area contributed by atoms with Gasteiger partial charge in [-0.25, -0.2) is 4.98 Å². The quantitative estimate of drug-likeness (QED) is 0.712. The summed E-state index contributed by atoms with van der Waals surface area (Å²) in [6.45, 7) is 5.98. The van der Waals surface area contributed by atoms with Crippen molar-refractivity contribution in [3.63, 3.8) is 0 Å². The lowest BCUT2D eigenvalue weighted by Crippen LogP contribution is -2.12. The highest BCUT2D eigenvalue weighted by Crippen LogP contribution is 2.10. The molecular formula is C8H14N4. The first-order valence-electron chi connectivity index (χ1n) is 4.06. The van der Waals surface area contributed by atoms with Gasteiger partial charge in [0.05, 0.1) is 17.9 Å². The van der Waals surface area contributed by atoms with Gasteiger partial charge in [0.15, 0.2) is 5.82 Å². The van der Waals surface area contributed by atoms with Crippen molar-refractivity contribution in [2.24, 2.45) is 5.73 Å². The number of hydrogen-bond donors (Lipinski definition) is 1. The second-order valence-electron chi connectivity index (χ2n) is 3.18. The van der Waals surface area contributed by atoms with Crippen LogP contribution in [0.5, 0.6) is 0 Å². The molecule has 0 spiro atoms. The topological polar surface area (TPSA) is 64.7 Å². The molecule has 2 N–H and O–H groups in total. The van der Waals surface area contributed by atoms with Crippen LogP contribution in [0.3, 0.4) is 0 Å². The third kappa shape index (κ3) is 1.98. The molecular weight excluding hydrogens is 152 g/mol. The summed E-state index contributed by atoms with van der Waals surface area (Å²) in [6, 6.07) is -0.142. The van der Waals surface area contributed by atoms with Crippen LogP contribution in [0.15, 0.2) is 6.20 Å². The number of aromatic nitrogens is 3. The molecule has 0 aliphatic rings. The molecule has 0 saturated carbocycles. The van der Waals surface area contributed by atoms with E-state index in [1.807, 2.05) is 6.92 Å². The molecule has 1 atom stereocenters. The first kappa shape index (κ1) is 9.06. The lowest BCUT2D eigenvalue weighted by molar-refractivity contribution is 0.674. The Bertz CT molecular complexity index is 234. The average molecular weight is 166 g/mol. The van der Waals surface area contributed by atoms with Crippen LogP contribution >= 0.6 is 0 Å². The molecule has 0 aliphatic heterocycles. The van der Waals surface area contributed by atoms with Crippen molar-refractivity contribution >= 4 is 0 Å². The Kier molecular flexibility index (Phi) is 2.70. The molecule has 4 nitrogen and oxygen atoms in total. The Hall–Kier alpha value is -1.03. The minimum atomic E-state index is -0.142. The molecule has 0 amide bonds.